The van der Waals surface area contributed by atoms with E-state index in [4.69, 9.17) is 5.73 Å². The molecule has 5 nitrogen and oxygen atoms in total. The average molecular weight is 291 g/mol. The number of halogens is 3. The van der Waals surface area contributed by atoms with Gasteiger partial charge in [-0.3, -0.25) is 0 Å². The van der Waals surface area contributed by atoms with Crippen molar-refractivity contribution in [2.24, 2.45) is 0 Å². The predicted molar refractivity (Wildman–Crippen MR) is 61.0 cm³/mol. The van der Waals surface area contributed by atoms with E-state index < -0.39 is 33.0 Å². The third-order valence-electron chi connectivity index (χ3n) is 2.39. The van der Waals surface area contributed by atoms with Crippen molar-refractivity contribution in [3.8, 4) is 5.69 Å². The molecule has 0 fully saturated rings. The number of benzene rings is 1. The Bertz CT molecular complexity index is 756. The molecule has 0 saturated heterocycles. The molecule has 0 aliphatic carbocycles. The first-order chi connectivity index (χ1) is 8.71. The molecule has 9 heteroatoms. The Kier molecular flexibility index (Phi) is 3.01. The van der Waals surface area contributed by atoms with E-state index in [0.29, 0.717) is 16.8 Å². The SMILES string of the molecule is CS(=O)(=O)c1cnn(-c2cc(F)c(F)cc2F)c1N. The minimum absolute atomic E-state index is 0.323. The van der Waals surface area contributed by atoms with Crippen LogP contribution in [-0.2, 0) is 9.84 Å². The number of anilines is 1. The molecule has 1 aromatic carbocycles. The maximum absolute atomic E-state index is 13.5. The summed E-state index contributed by atoms with van der Waals surface area (Å²) in [5.41, 5.74) is 5.04. The molecule has 2 aromatic rings. The number of nitrogens with two attached hydrogens (primary N) is 1. The van der Waals surface area contributed by atoms with Gasteiger partial charge in [-0.15, -0.1) is 0 Å². The summed E-state index contributed by atoms with van der Waals surface area (Å²) in [6, 6.07) is 0.867. The highest BCUT2D eigenvalue weighted by Gasteiger charge is 2.20. The summed E-state index contributed by atoms with van der Waals surface area (Å²) in [6.07, 6.45) is 1.80. The van der Waals surface area contributed by atoms with Gasteiger partial charge in [0.1, 0.15) is 16.4 Å². The summed E-state index contributed by atoms with van der Waals surface area (Å²) >= 11 is 0. The number of rotatable bonds is 2. The number of hydrogen-bond acceptors (Lipinski definition) is 4. The monoisotopic (exact) mass is 291 g/mol. The highest BCUT2D eigenvalue weighted by atomic mass is 32.2. The number of nitrogens with zero attached hydrogens (tertiary/aromatic N) is 2. The van der Waals surface area contributed by atoms with Gasteiger partial charge in [-0.1, -0.05) is 0 Å². The molecule has 0 bridgehead atoms. The molecule has 0 saturated carbocycles. The molecule has 0 unspecified atom stereocenters. The first-order valence-corrected chi connectivity index (χ1v) is 6.79. The zero-order valence-corrected chi connectivity index (χ0v) is 10.4. The van der Waals surface area contributed by atoms with Crippen LogP contribution in [0.2, 0.25) is 0 Å². The summed E-state index contributed by atoms with van der Waals surface area (Å²) in [4.78, 5) is -0.323. The molecule has 0 aliphatic heterocycles. The fraction of sp³-hybridized carbons (Fsp3) is 0.100. The van der Waals surface area contributed by atoms with Gasteiger partial charge < -0.3 is 5.73 Å². The molecule has 1 aromatic heterocycles. The van der Waals surface area contributed by atoms with E-state index in [0.717, 1.165) is 12.5 Å². The van der Waals surface area contributed by atoms with Crippen molar-refractivity contribution in [2.75, 3.05) is 12.0 Å². The van der Waals surface area contributed by atoms with Crippen LogP contribution >= 0.6 is 0 Å². The molecule has 0 aliphatic rings. The Morgan fingerprint density at radius 1 is 1.16 bits per heavy atom. The summed E-state index contributed by atoms with van der Waals surface area (Å²) in [5.74, 6) is -4.16. The highest BCUT2D eigenvalue weighted by molar-refractivity contribution is 7.90. The minimum atomic E-state index is -3.65. The second-order valence-electron chi connectivity index (χ2n) is 3.80. The quantitative estimate of drug-likeness (QED) is 0.845. The van der Waals surface area contributed by atoms with Gasteiger partial charge in [-0.25, -0.2) is 26.3 Å². The van der Waals surface area contributed by atoms with Gasteiger partial charge in [0.05, 0.1) is 6.20 Å². The van der Waals surface area contributed by atoms with E-state index in [1.54, 1.807) is 0 Å². The maximum atomic E-state index is 13.5. The van der Waals surface area contributed by atoms with Crippen molar-refractivity contribution in [2.45, 2.75) is 4.90 Å². The molecule has 0 amide bonds. The maximum Gasteiger partial charge on any atom is 0.180 e. The van der Waals surface area contributed by atoms with Gasteiger partial charge >= 0.3 is 0 Å². The molecule has 102 valence electrons. The zero-order valence-electron chi connectivity index (χ0n) is 9.56. The van der Waals surface area contributed by atoms with Gasteiger partial charge in [0.2, 0.25) is 0 Å². The van der Waals surface area contributed by atoms with Crippen LogP contribution in [0.25, 0.3) is 5.69 Å². The lowest BCUT2D eigenvalue weighted by Gasteiger charge is -2.06. The second kappa shape index (κ2) is 4.26. The standard InChI is InChI=1S/C10H8F3N3O2S/c1-19(17,18)9-4-15-16(10(9)14)8-3-6(12)5(11)2-7(8)13/h2-4H,14H2,1H3. The lowest BCUT2D eigenvalue weighted by Crippen LogP contribution is -2.08. The fourth-order valence-corrected chi connectivity index (χ4v) is 2.20. The van der Waals surface area contributed by atoms with Crippen LogP contribution in [0.15, 0.2) is 23.2 Å². The third kappa shape index (κ3) is 2.28. The van der Waals surface area contributed by atoms with Crippen LogP contribution < -0.4 is 5.73 Å². The predicted octanol–water partition coefficient (Wildman–Crippen LogP) is 1.28. The molecule has 0 radical (unpaired) electrons. The number of hydrogen-bond donors (Lipinski definition) is 1. The summed E-state index contributed by atoms with van der Waals surface area (Å²) in [7, 11) is -3.65. The van der Waals surface area contributed by atoms with Gasteiger partial charge in [0, 0.05) is 18.4 Å². The molecule has 1 heterocycles. The summed E-state index contributed by atoms with van der Waals surface area (Å²) in [6.45, 7) is 0. The minimum Gasteiger partial charge on any atom is -0.382 e. The third-order valence-corrected chi connectivity index (χ3v) is 3.50. The number of aromatic nitrogens is 2. The van der Waals surface area contributed by atoms with E-state index in [1.165, 1.54) is 0 Å². The van der Waals surface area contributed by atoms with Crippen molar-refractivity contribution in [1.29, 1.82) is 0 Å². The topological polar surface area (TPSA) is 78.0 Å². The lowest BCUT2D eigenvalue weighted by molar-refractivity contribution is 0.491. The highest BCUT2D eigenvalue weighted by Crippen LogP contribution is 2.24. The number of sulfone groups is 1. The van der Waals surface area contributed by atoms with Gasteiger partial charge in [-0.2, -0.15) is 5.10 Å². The van der Waals surface area contributed by atoms with Crippen molar-refractivity contribution in [1.82, 2.24) is 9.78 Å². The molecule has 0 spiro atoms. The molecule has 0 atom stereocenters. The molecule has 19 heavy (non-hydrogen) atoms. The van der Waals surface area contributed by atoms with Crippen molar-refractivity contribution >= 4 is 15.7 Å². The normalized spacial score (nSPS) is 11.8. The first kappa shape index (κ1) is 13.4. The summed E-state index contributed by atoms with van der Waals surface area (Å²) in [5, 5.41) is 3.57. The largest absolute Gasteiger partial charge is 0.382 e. The zero-order chi connectivity index (χ0) is 14.4. The van der Waals surface area contributed by atoms with Crippen LogP contribution in [0, 0.1) is 17.5 Å². The Hall–Kier alpha value is -2.03. The molecule has 2 rings (SSSR count). The van der Waals surface area contributed by atoms with Crippen LogP contribution in [0.4, 0.5) is 19.0 Å². The van der Waals surface area contributed by atoms with Crippen LogP contribution in [0.1, 0.15) is 0 Å². The Morgan fingerprint density at radius 2 is 1.74 bits per heavy atom. The lowest BCUT2D eigenvalue weighted by atomic mass is 10.3. The van der Waals surface area contributed by atoms with E-state index in [1.807, 2.05) is 0 Å². The van der Waals surface area contributed by atoms with Crippen LogP contribution in [0.5, 0.6) is 0 Å². The van der Waals surface area contributed by atoms with Crippen molar-refractivity contribution in [3.63, 3.8) is 0 Å². The Labute approximate surface area is 106 Å². The van der Waals surface area contributed by atoms with E-state index >= 15 is 0 Å². The Balaban J connectivity index is 2.68. The molecular weight excluding hydrogens is 283 g/mol. The van der Waals surface area contributed by atoms with Gasteiger partial charge in [0.25, 0.3) is 0 Å². The second-order valence-corrected chi connectivity index (χ2v) is 5.78. The first-order valence-electron chi connectivity index (χ1n) is 4.90. The number of nitrogen functional groups attached to an aromatic ring is 1. The van der Waals surface area contributed by atoms with Crippen molar-refractivity contribution < 1.29 is 21.6 Å². The van der Waals surface area contributed by atoms with Crippen molar-refractivity contribution in [3.05, 3.63) is 35.8 Å². The smallest absolute Gasteiger partial charge is 0.180 e. The molecule has 2 N–H and O–H groups in total. The summed E-state index contributed by atoms with van der Waals surface area (Å²) < 4.78 is 62.8. The van der Waals surface area contributed by atoms with Gasteiger partial charge in [-0.05, 0) is 0 Å². The van der Waals surface area contributed by atoms with Crippen LogP contribution in [-0.4, -0.2) is 24.5 Å². The Morgan fingerprint density at radius 3 is 2.26 bits per heavy atom. The van der Waals surface area contributed by atoms with E-state index in [2.05, 4.69) is 5.10 Å². The average Bonchev–Trinajstić information content (AvgIpc) is 2.65. The van der Waals surface area contributed by atoms with Gasteiger partial charge in [0.15, 0.2) is 27.3 Å². The fourth-order valence-electron chi connectivity index (χ4n) is 1.49. The van der Waals surface area contributed by atoms with E-state index in [9.17, 15) is 21.6 Å². The van der Waals surface area contributed by atoms with Crippen LogP contribution in [0.3, 0.4) is 0 Å². The van der Waals surface area contributed by atoms with E-state index in [-0.39, 0.29) is 10.7 Å². The molecular formula is C10H8F3N3O2S.